The van der Waals surface area contributed by atoms with Crippen LogP contribution in [0.25, 0.3) is 0 Å². The maximum absolute atomic E-state index is 14.1. The van der Waals surface area contributed by atoms with Crippen LogP contribution in [0.4, 0.5) is 4.39 Å². The number of hydrogen-bond acceptors (Lipinski definition) is 2. The monoisotopic (exact) mass is 372 g/mol. The van der Waals surface area contributed by atoms with Gasteiger partial charge in [0.25, 0.3) is 0 Å². The van der Waals surface area contributed by atoms with Crippen LogP contribution in [0.15, 0.2) is 30.3 Å². The summed E-state index contributed by atoms with van der Waals surface area (Å²) in [7, 11) is 3.09. The minimum Gasteiger partial charge on any atom is -0.493 e. The molecule has 2 aromatic carbocycles. The fraction of sp³-hybridized carbons (Fsp3) is 0.250. The molecule has 0 saturated heterocycles. The molecule has 0 aliphatic carbocycles. The summed E-state index contributed by atoms with van der Waals surface area (Å²) in [6.07, 6.45) is 0. The van der Waals surface area contributed by atoms with Crippen molar-refractivity contribution < 1.29 is 13.9 Å². The fourth-order valence-electron chi connectivity index (χ4n) is 2.07. The molecule has 1 unspecified atom stereocenters. The van der Waals surface area contributed by atoms with Gasteiger partial charge in [0, 0.05) is 16.7 Å². The maximum Gasteiger partial charge on any atom is 0.162 e. The van der Waals surface area contributed by atoms with Gasteiger partial charge in [-0.1, -0.05) is 39.7 Å². The van der Waals surface area contributed by atoms with Gasteiger partial charge in [0.2, 0.25) is 0 Å². The van der Waals surface area contributed by atoms with Crippen molar-refractivity contribution in [1.82, 2.24) is 0 Å². The summed E-state index contributed by atoms with van der Waals surface area (Å²) < 4.78 is 24.6. The van der Waals surface area contributed by atoms with Gasteiger partial charge in [-0.15, -0.1) is 0 Å². The van der Waals surface area contributed by atoms with Gasteiger partial charge in [0.05, 0.1) is 19.0 Å². The Balaban J connectivity index is 2.50. The van der Waals surface area contributed by atoms with E-state index >= 15 is 0 Å². The highest BCUT2D eigenvalue weighted by Gasteiger charge is 2.20. The number of aryl methyl sites for hydroxylation is 1. The van der Waals surface area contributed by atoms with Crippen LogP contribution in [0.2, 0.25) is 5.02 Å². The van der Waals surface area contributed by atoms with Crippen molar-refractivity contribution in [2.24, 2.45) is 0 Å². The van der Waals surface area contributed by atoms with Gasteiger partial charge in [0.15, 0.2) is 11.5 Å². The minimum absolute atomic E-state index is 0.275. The van der Waals surface area contributed by atoms with Crippen molar-refractivity contribution in [3.63, 3.8) is 0 Å². The largest absolute Gasteiger partial charge is 0.493 e. The number of hydrogen-bond donors (Lipinski definition) is 0. The van der Waals surface area contributed by atoms with Gasteiger partial charge in [-0.05, 0) is 30.2 Å². The number of methoxy groups -OCH3 is 2. The van der Waals surface area contributed by atoms with Crippen LogP contribution in [0.5, 0.6) is 11.5 Å². The first kappa shape index (κ1) is 16.1. The molecule has 2 nitrogen and oxygen atoms in total. The van der Waals surface area contributed by atoms with Crippen molar-refractivity contribution in [3.05, 3.63) is 57.9 Å². The Morgan fingerprint density at radius 1 is 1.05 bits per heavy atom. The van der Waals surface area contributed by atoms with E-state index in [-0.39, 0.29) is 10.6 Å². The SMILES string of the molecule is COc1cc(Cl)c(C(Br)c2ccc(C)cc2F)cc1OC. The highest BCUT2D eigenvalue weighted by atomic mass is 79.9. The van der Waals surface area contributed by atoms with Gasteiger partial charge in [-0.3, -0.25) is 0 Å². The lowest BCUT2D eigenvalue weighted by Gasteiger charge is -2.17. The predicted octanol–water partition coefficient (Wildman–Crippen LogP) is 5.29. The fourth-order valence-corrected chi connectivity index (χ4v) is 3.21. The van der Waals surface area contributed by atoms with Gasteiger partial charge in [-0.2, -0.15) is 0 Å². The molecule has 0 bridgehead atoms. The van der Waals surface area contributed by atoms with E-state index in [0.717, 1.165) is 11.1 Å². The summed E-state index contributed by atoms with van der Waals surface area (Å²) in [5.74, 6) is 0.812. The Morgan fingerprint density at radius 3 is 2.24 bits per heavy atom. The van der Waals surface area contributed by atoms with E-state index in [1.807, 2.05) is 13.0 Å². The van der Waals surface area contributed by atoms with Gasteiger partial charge in [-0.25, -0.2) is 4.39 Å². The molecule has 0 amide bonds. The second kappa shape index (κ2) is 6.67. The van der Waals surface area contributed by atoms with E-state index in [2.05, 4.69) is 15.9 Å². The molecular formula is C16H15BrClFO2. The molecule has 0 radical (unpaired) electrons. The average Bonchev–Trinajstić information content (AvgIpc) is 2.46. The third-order valence-electron chi connectivity index (χ3n) is 3.20. The zero-order valence-corrected chi connectivity index (χ0v) is 14.3. The lowest BCUT2D eigenvalue weighted by molar-refractivity contribution is 0.354. The summed E-state index contributed by atoms with van der Waals surface area (Å²) in [4.78, 5) is -0.370. The van der Waals surface area contributed by atoms with E-state index in [1.54, 1.807) is 32.4 Å². The molecule has 0 fully saturated rings. The molecule has 0 saturated carbocycles. The van der Waals surface area contributed by atoms with Crippen LogP contribution in [0.3, 0.4) is 0 Å². The summed E-state index contributed by atoms with van der Waals surface area (Å²) in [5, 5.41) is 0.481. The van der Waals surface area contributed by atoms with E-state index in [0.29, 0.717) is 22.1 Å². The predicted molar refractivity (Wildman–Crippen MR) is 86.5 cm³/mol. The molecule has 21 heavy (non-hydrogen) atoms. The van der Waals surface area contributed by atoms with Crippen LogP contribution in [-0.2, 0) is 0 Å². The smallest absolute Gasteiger partial charge is 0.162 e. The first-order valence-electron chi connectivity index (χ1n) is 6.29. The van der Waals surface area contributed by atoms with Crippen LogP contribution in [-0.4, -0.2) is 14.2 Å². The molecule has 0 aliphatic heterocycles. The zero-order valence-electron chi connectivity index (χ0n) is 11.9. The molecule has 2 aromatic rings. The highest BCUT2D eigenvalue weighted by molar-refractivity contribution is 9.09. The Bertz CT molecular complexity index is 661. The third kappa shape index (κ3) is 3.33. The Labute approximate surface area is 137 Å². The average molecular weight is 374 g/mol. The van der Waals surface area contributed by atoms with Crippen LogP contribution >= 0.6 is 27.5 Å². The molecule has 112 valence electrons. The van der Waals surface area contributed by atoms with Crippen molar-refractivity contribution in [3.8, 4) is 11.5 Å². The topological polar surface area (TPSA) is 18.5 Å². The summed E-state index contributed by atoms with van der Waals surface area (Å²) in [6, 6.07) is 8.52. The van der Waals surface area contributed by atoms with E-state index in [9.17, 15) is 4.39 Å². The summed E-state index contributed by atoms with van der Waals surface area (Å²) in [5.41, 5.74) is 2.11. The quantitative estimate of drug-likeness (QED) is 0.678. The number of benzene rings is 2. The molecular weight excluding hydrogens is 359 g/mol. The van der Waals surface area contributed by atoms with Crippen molar-refractivity contribution in [2.45, 2.75) is 11.8 Å². The van der Waals surface area contributed by atoms with Crippen molar-refractivity contribution in [1.29, 1.82) is 0 Å². The van der Waals surface area contributed by atoms with Gasteiger partial charge in [0.1, 0.15) is 5.82 Å². The van der Waals surface area contributed by atoms with Gasteiger partial charge < -0.3 is 9.47 Å². The first-order chi connectivity index (χ1) is 9.97. The second-order valence-electron chi connectivity index (χ2n) is 4.62. The lowest BCUT2D eigenvalue weighted by atomic mass is 10.0. The Kier molecular flexibility index (Phi) is 5.12. The standard InChI is InChI=1S/C16H15BrClFO2/c1-9-4-5-10(13(19)6-9)16(17)11-7-14(20-2)15(21-3)8-12(11)18/h4-8,16H,1-3H3. The number of alkyl halides is 1. The molecule has 0 spiro atoms. The Hall–Kier alpha value is -1.26. The van der Waals surface area contributed by atoms with Crippen LogP contribution in [0, 0.1) is 12.7 Å². The normalized spacial score (nSPS) is 12.1. The molecule has 0 N–H and O–H groups in total. The van der Waals surface area contributed by atoms with Crippen molar-refractivity contribution >= 4 is 27.5 Å². The lowest BCUT2D eigenvalue weighted by Crippen LogP contribution is -2.00. The van der Waals surface area contributed by atoms with E-state index in [1.165, 1.54) is 6.07 Å². The molecule has 1 atom stereocenters. The van der Waals surface area contributed by atoms with E-state index in [4.69, 9.17) is 21.1 Å². The van der Waals surface area contributed by atoms with Crippen LogP contribution in [0.1, 0.15) is 21.5 Å². The summed E-state index contributed by atoms with van der Waals surface area (Å²) >= 11 is 9.79. The zero-order chi connectivity index (χ0) is 15.6. The molecule has 0 heterocycles. The van der Waals surface area contributed by atoms with Crippen molar-refractivity contribution in [2.75, 3.05) is 14.2 Å². The van der Waals surface area contributed by atoms with E-state index < -0.39 is 0 Å². The minimum atomic E-state index is -0.370. The molecule has 5 heteroatoms. The second-order valence-corrected chi connectivity index (χ2v) is 5.94. The molecule has 0 aliphatic rings. The maximum atomic E-state index is 14.1. The molecule has 2 rings (SSSR count). The Morgan fingerprint density at radius 2 is 1.67 bits per heavy atom. The first-order valence-corrected chi connectivity index (χ1v) is 7.58. The number of rotatable bonds is 4. The number of ether oxygens (including phenoxy) is 2. The van der Waals surface area contributed by atoms with Gasteiger partial charge >= 0.3 is 0 Å². The highest BCUT2D eigenvalue weighted by Crippen LogP contribution is 2.41. The van der Waals surface area contributed by atoms with Crippen LogP contribution < -0.4 is 9.47 Å². The third-order valence-corrected chi connectivity index (χ3v) is 4.52. The molecule has 0 aromatic heterocycles. The number of halogens is 3. The summed E-state index contributed by atoms with van der Waals surface area (Å²) in [6.45, 7) is 1.85.